The van der Waals surface area contributed by atoms with Crippen LogP contribution in [0.15, 0.2) is 10.6 Å². The van der Waals surface area contributed by atoms with Gasteiger partial charge in [-0.2, -0.15) is 0 Å². The Balaban J connectivity index is 2.65. The minimum atomic E-state index is -4.72. The largest absolute Gasteiger partial charge is 0.575 e. The van der Waals surface area contributed by atoms with Crippen molar-refractivity contribution in [2.75, 3.05) is 0 Å². The van der Waals surface area contributed by atoms with Gasteiger partial charge in [0.05, 0.1) is 0 Å². The molecular weight excluding hydrogens is 163 g/mol. The van der Waals surface area contributed by atoms with Crippen LogP contribution in [0.4, 0.5) is 13.2 Å². The molecule has 0 N–H and O–H groups in total. The maximum Gasteiger partial charge on any atom is 0.575 e. The van der Waals surface area contributed by atoms with Gasteiger partial charge in [0.25, 0.3) is 0 Å². The lowest BCUT2D eigenvalue weighted by atomic mass is 10.8. The number of hydrogen-bond acceptors (Lipinski definition) is 3. The van der Waals surface area contributed by atoms with Crippen LogP contribution in [-0.2, 0) is 0 Å². The van der Waals surface area contributed by atoms with Crippen molar-refractivity contribution in [1.82, 2.24) is 4.98 Å². The topological polar surface area (TPSA) is 35.3 Å². The number of oxazole rings is 1. The first kappa shape index (κ1) is 7.90. The van der Waals surface area contributed by atoms with Crippen LogP contribution in [-0.4, -0.2) is 11.3 Å². The average Bonchev–Trinajstić information content (AvgIpc) is 2.10. The highest BCUT2D eigenvalue weighted by molar-refractivity contribution is 4.98. The Morgan fingerprint density at radius 1 is 1.55 bits per heavy atom. The molecule has 0 saturated carbocycles. The first-order valence-electron chi connectivity index (χ1n) is 2.65. The molecule has 0 bridgehead atoms. The van der Waals surface area contributed by atoms with Gasteiger partial charge in [-0.3, -0.25) is 0 Å². The fraction of sp³-hybridized carbons (Fsp3) is 0.400. The van der Waals surface area contributed by atoms with Crippen molar-refractivity contribution in [2.45, 2.75) is 13.3 Å². The summed E-state index contributed by atoms with van der Waals surface area (Å²) < 4.78 is 42.1. The predicted molar refractivity (Wildman–Crippen MR) is 27.9 cm³/mol. The van der Waals surface area contributed by atoms with Crippen molar-refractivity contribution in [3.8, 4) is 5.95 Å². The molecule has 11 heavy (non-hydrogen) atoms. The molecule has 1 heterocycles. The van der Waals surface area contributed by atoms with Gasteiger partial charge in [-0.15, -0.1) is 13.2 Å². The van der Waals surface area contributed by atoms with E-state index in [1.165, 1.54) is 6.92 Å². The Morgan fingerprint density at radius 2 is 2.18 bits per heavy atom. The predicted octanol–water partition coefficient (Wildman–Crippen LogP) is 1.88. The molecule has 0 aliphatic heterocycles. The summed E-state index contributed by atoms with van der Waals surface area (Å²) >= 11 is 0. The summed E-state index contributed by atoms with van der Waals surface area (Å²) in [4.78, 5) is 3.41. The smallest absolute Gasteiger partial charge is 0.410 e. The minimum Gasteiger partial charge on any atom is -0.410 e. The fourth-order valence-corrected chi connectivity index (χ4v) is 0.503. The van der Waals surface area contributed by atoms with Crippen LogP contribution < -0.4 is 4.74 Å². The van der Waals surface area contributed by atoms with Gasteiger partial charge in [0, 0.05) is 6.92 Å². The minimum absolute atomic E-state index is 0.129. The van der Waals surface area contributed by atoms with E-state index in [0.717, 1.165) is 6.20 Å². The molecule has 0 unspecified atom stereocenters. The zero-order chi connectivity index (χ0) is 8.48. The van der Waals surface area contributed by atoms with Crippen LogP contribution in [0.5, 0.6) is 5.95 Å². The summed E-state index contributed by atoms with van der Waals surface area (Å²) in [5, 5.41) is 0. The highest BCUT2D eigenvalue weighted by Crippen LogP contribution is 2.22. The zero-order valence-corrected chi connectivity index (χ0v) is 5.47. The van der Waals surface area contributed by atoms with E-state index < -0.39 is 12.3 Å². The van der Waals surface area contributed by atoms with E-state index in [9.17, 15) is 13.2 Å². The summed E-state index contributed by atoms with van der Waals surface area (Å²) in [6, 6.07) is 0. The molecule has 0 aromatic carbocycles. The van der Waals surface area contributed by atoms with Gasteiger partial charge < -0.3 is 9.15 Å². The summed E-state index contributed by atoms with van der Waals surface area (Å²) in [6.07, 6.45) is -3.85. The number of alkyl halides is 3. The monoisotopic (exact) mass is 167 g/mol. The molecule has 0 atom stereocenters. The molecule has 1 rings (SSSR count). The molecule has 0 spiro atoms. The molecule has 0 aliphatic rings. The quantitative estimate of drug-likeness (QED) is 0.640. The lowest BCUT2D eigenvalue weighted by Crippen LogP contribution is -2.16. The summed E-state index contributed by atoms with van der Waals surface area (Å²) in [5.41, 5.74) is 0. The molecule has 3 nitrogen and oxygen atoms in total. The third-order valence-corrected chi connectivity index (χ3v) is 0.816. The van der Waals surface area contributed by atoms with Crippen LogP contribution in [0.2, 0.25) is 0 Å². The molecule has 6 heteroatoms. The third-order valence-electron chi connectivity index (χ3n) is 0.816. The van der Waals surface area contributed by atoms with Crippen LogP contribution in [0.25, 0.3) is 0 Å². The Labute approximate surface area is 59.8 Å². The van der Waals surface area contributed by atoms with E-state index in [0.29, 0.717) is 0 Å². The van der Waals surface area contributed by atoms with Gasteiger partial charge in [-0.1, -0.05) is 0 Å². The Kier molecular flexibility index (Phi) is 1.76. The lowest BCUT2D eigenvalue weighted by Gasteiger charge is -2.03. The molecule has 0 fully saturated rings. The molecule has 0 aliphatic carbocycles. The van der Waals surface area contributed by atoms with Crippen LogP contribution in [0.3, 0.4) is 0 Å². The van der Waals surface area contributed by atoms with Crippen LogP contribution in [0.1, 0.15) is 5.89 Å². The number of aromatic nitrogens is 1. The second kappa shape index (κ2) is 2.44. The van der Waals surface area contributed by atoms with E-state index in [2.05, 4.69) is 14.1 Å². The van der Waals surface area contributed by atoms with Crippen molar-refractivity contribution >= 4 is 0 Å². The lowest BCUT2D eigenvalue weighted by molar-refractivity contribution is -0.280. The molecule has 1 aromatic rings. The number of hydrogen-bond donors (Lipinski definition) is 0. The normalized spacial score (nSPS) is 11.6. The molecule has 1 aromatic heterocycles. The van der Waals surface area contributed by atoms with Gasteiger partial charge >= 0.3 is 12.3 Å². The molecule has 0 saturated heterocycles. The van der Waals surface area contributed by atoms with Gasteiger partial charge in [-0.05, 0) is 0 Å². The molecule has 0 amide bonds. The van der Waals surface area contributed by atoms with Gasteiger partial charge in [0.15, 0.2) is 5.89 Å². The SMILES string of the molecule is Cc1ncc(OC(F)(F)F)o1. The molecular formula is C5H4F3NO2. The Bertz CT molecular complexity index is 242. The van der Waals surface area contributed by atoms with Crippen molar-refractivity contribution in [3.63, 3.8) is 0 Å². The van der Waals surface area contributed by atoms with Gasteiger partial charge in [0.2, 0.25) is 0 Å². The zero-order valence-electron chi connectivity index (χ0n) is 5.47. The van der Waals surface area contributed by atoms with Gasteiger partial charge in [0.1, 0.15) is 6.20 Å². The standard InChI is InChI=1S/C5H4F3NO2/c1-3-9-2-4(10-3)11-5(6,7)8/h2H,1H3. The second-order valence-electron chi connectivity index (χ2n) is 1.75. The Hall–Kier alpha value is -1.20. The Morgan fingerprint density at radius 3 is 2.55 bits per heavy atom. The van der Waals surface area contributed by atoms with Gasteiger partial charge in [-0.25, -0.2) is 4.98 Å². The highest BCUT2D eigenvalue weighted by Gasteiger charge is 2.32. The number of aryl methyl sites for hydroxylation is 1. The third kappa shape index (κ3) is 2.48. The van der Waals surface area contributed by atoms with Crippen LogP contribution in [0, 0.1) is 6.92 Å². The molecule has 62 valence electrons. The fourth-order valence-electron chi connectivity index (χ4n) is 0.503. The molecule has 0 radical (unpaired) electrons. The van der Waals surface area contributed by atoms with Crippen molar-refractivity contribution < 1.29 is 22.3 Å². The number of ether oxygens (including phenoxy) is 1. The summed E-state index contributed by atoms with van der Waals surface area (Å²) in [7, 11) is 0. The van der Waals surface area contributed by atoms with Crippen molar-refractivity contribution in [1.29, 1.82) is 0 Å². The first-order valence-corrected chi connectivity index (χ1v) is 2.65. The van der Waals surface area contributed by atoms with E-state index >= 15 is 0 Å². The summed E-state index contributed by atoms with van der Waals surface area (Å²) in [6.45, 7) is 1.42. The number of nitrogens with zero attached hydrogens (tertiary/aromatic N) is 1. The van der Waals surface area contributed by atoms with E-state index in [-0.39, 0.29) is 5.89 Å². The van der Waals surface area contributed by atoms with E-state index in [1.807, 2.05) is 0 Å². The number of rotatable bonds is 1. The summed E-state index contributed by atoms with van der Waals surface area (Å²) in [5.74, 6) is -0.515. The average molecular weight is 167 g/mol. The first-order chi connectivity index (χ1) is 4.97. The highest BCUT2D eigenvalue weighted by atomic mass is 19.4. The van der Waals surface area contributed by atoms with E-state index in [1.54, 1.807) is 0 Å². The number of halogens is 3. The second-order valence-corrected chi connectivity index (χ2v) is 1.75. The van der Waals surface area contributed by atoms with Crippen LogP contribution >= 0.6 is 0 Å². The van der Waals surface area contributed by atoms with E-state index in [4.69, 9.17) is 0 Å². The van der Waals surface area contributed by atoms with Crippen molar-refractivity contribution in [3.05, 3.63) is 12.1 Å². The maximum absolute atomic E-state index is 11.4. The van der Waals surface area contributed by atoms with Crippen molar-refractivity contribution in [2.24, 2.45) is 0 Å². The maximum atomic E-state index is 11.4.